The highest BCUT2D eigenvalue weighted by Crippen LogP contribution is 2.34. The summed E-state index contributed by atoms with van der Waals surface area (Å²) in [5, 5.41) is 5.68. The lowest BCUT2D eigenvalue weighted by Crippen LogP contribution is -2.26. The first-order valence-electron chi connectivity index (χ1n) is 10.6. The Balaban J connectivity index is 1.57. The van der Waals surface area contributed by atoms with Crippen molar-refractivity contribution in [3.63, 3.8) is 0 Å². The van der Waals surface area contributed by atoms with Gasteiger partial charge in [-0.3, -0.25) is 0 Å². The lowest BCUT2D eigenvalue weighted by Gasteiger charge is -2.25. The Morgan fingerprint density at radius 1 is 1.06 bits per heavy atom. The maximum absolute atomic E-state index is 4.60. The summed E-state index contributed by atoms with van der Waals surface area (Å²) >= 11 is 1.70. The molecule has 2 heterocycles. The van der Waals surface area contributed by atoms with Gasteiger partial charge in [-0.05, 0) is 78.1 Å². The van der Waals surface area contributed by atoms with E-state index in [2.05, 4.69) is 90.9 Å². The number of nitrogens with zero attached hydrogens (tertiary/aromatic N) is 2. The maximum atomic E-state index is 4.60. The van der Waals surface area contributed by atoms with E-state index in [0.29, 0.717) is 0 Å². The Morgan fingerprint density at radius 2 is 1.87 bits per heavy atom. The molecule has 0 radical (unpaired) electrons. The van der Waals surface area contributed by atoms with E-state index in [1.54, 1.807) is 11.8 Å². The zero-order chi connectivity index (χ0) is 22.0. The summed E-state index contributed by atoms with van der Waals surface area (Å²) in [4.78, 5) is 9.25. The van der Waals surface area contributed by atoms with Gasteiger partial charge in [0.2, 0.25) is 0 Å². The van der Waals surface area contributed by atoms with Crippen LogP contribution in [0.4, 0.5) is 5.82 Å². The Labute approximate surface area is 189 Å². The summed E-state index contributed by atoms with van der Waals surface area (Å²) in [6.45, 7) is 14.5. The first kappa shape index (κ1) is 21.4. The number of aromatic nitrogens is 1. The second-order valence-corrected chi connectivity index (χ2v) is 9.50. The zero-order valence-electron chi connectivity index (χ0n) is 18.5. The van der Waals surface area contributed by atoms with E-state index in [1.807, 2.05) is 13.1 Å². The summed E-state index contributed by atoms with van der Waals surface area (Å²) < 4.78 is 0. The minimum atomic E-state index is 0.807. The summed E-state index contributed by atoms with van der Waals surface area (Å²) in [7, 11) is 2.17. The van der Waals surface area contributed by atoms with Gasteiger partial charge in [-0.1, -0.05) is 55.3 Å². The van der Waals surface area contributed by atoms with Crippen molar-refractivity contribution in [3.05, 3.63) is 95.1 Å². The molecular formula is C27H29N3S. The van der Waals surface area contributed by atoms with Gasteiger partial charge < -0.3 is 10.2 Å². The van der Waals surface area contributed by atoms with Gasteiger partial charge in [-0.25, -0.2) is 4.98 Å². The SMILES string of the molecule is C=C(C)S/C(=C/C)c1ccc2cnc(NC(=C)c3ccc4c(c3)CCN(C)C4)cc2c1. The number of anilines is 1. The maximum Gasteiger partial charge on any atom is 0.130 e. The molecule has 0 spiro atoms. The van der Waals surface area contributed by atoms with Crippen molar-refractivity contribution in [2.45, 2.75) is 26.8 Å². The third-order valence-electron chi connectivity index (χ3n) is 5.59. The van der Waals surface area contributed by atoms with E-state index in [-0.39, 0.29) is 0 Å². The number of fused-ring (bicyclic) bond motifs is 2. The van der Waals surface area contributed by atoms with E-state index in [4.69, 9.17) is 0 Å². The van der Waals surface area contributed by atoms with E-state index < -0.39 is 0 Å². The molecule has 2 aromatic carbocycles. The summed E-state index contributed by atoms with van der Waals surface area (Å²) in [5.41, 5.74) is 6.01. The second kappa shape index (κ2) is 9.13. The molecule has 0 amide bonds. The Bertz CT molecular complexity index is 1190. The van der Waals surface area contributed by atoms with Crippen LogP contribution in [0.3, 0.4) is 0 Å². The highest BCUT2D eigenvalue weighted by atomic mass is 32.2. The summed E-state index contributed by atoms with van der Waals surface area (Å²) in [5.74, 6) is 0.807. The molecule has 0 unspecified atom stereocenters. The van der Waals surface area contributed by atoms with E-state index >= 15 is 0 Å². The molecule has 1 aliphatic rings. The predicted octanol–water partition coefficient (Wildman–Crippen LogP) is 6.93. The molecule has 3 aromatic rings. The van der Waals surface area contributed by atoms with Gasteiger partial charge in [-0.2, -0.15) is 0 Å². The van der Waals surface area contributed by atoms with Crippen molar-refractivity contribution in [2.75, 3.05) is 18.9 Å². The van der Waals surface area contributed by atoms with Crippen molar-refractivity contribution >= 4 is 39.0 Å². The van der Waals surface area contributed by atoms with Gasteiger partial charge in [0.25, 0.3) is 0 Å². The number of allylic oxidation sites excluding steroid dienone is 2. The van der Waals surface area contributed by atoms with Gasteiger partial charge >= 0.3 is 0 Å². The molecule has 4 heteroatoms. The molecule has 158 valence electrons. The van der Waals surface area contributed by atoms with Gasteiger partial charge in [0.1, 0.15) is 5.82 Å². The van der Waals surface area contributed by atoms with Crippen LogP contribution in [0, 0.1) is 0 Å². The van der Waals surface area contributed by atoms with Crippen molar-refractivity contribution in [1.29, 1.82) is 0 Å². The van der Waals surface area contributed by atoms with Crippen molar-refractivity contribution in [3.8, 4) is 0 Å². The molecule has 0 saturated heterocycles. The molecule has 4 rings (SSSR count). The zero-order valence-corrected chi connectivity index (χ0v) is 19.4. The van der Waals surface area contributed by atoms with Gasteiger partial charge in [0.05, 0.1) is 0 Å². The van der Waals surface area contributed by atoms with Crippen LogP contribution in [0.15, 0.2) is 72.8 Å². The molecule has 3 nitrogen and oxygen atoms in total. The van der Waals surface area contributed by atoms with Crippen LogP contribution in [0.5, 0.6) is 0 Å². The largest absolute Gasteiger partial charge is 0.340 e. The van der Waals surface area contributed by atoms with Gasteiger partial charge in [0, 0.05) is 35.3 Å². The molecule has 0 saturated carbocycles. The van der Waals surface area contributed by atoms with E-state index in [0.717, 1.165) is 52.3 Å². The number of rotatable bonds is 6. The predicted molar refractivity (Wildman–Crippen MR) is 137 cm³/mol. The monoisotopic (exact) mass is 427 g/mol. The third kappa shape index (κ3) is 4.92. The molecule has 0 atom stereocenters. The lowest BCUT2D eigenvalue weighted by molar-refractivity contribution is 0.313. The minimum Gasteiger partial charge on any atom is -0.340 e. The first-order chi connectivity index (χ1) is 14.9. The summed E-state index contributed by atoms with van der Waals surface area (Å²) in [6, 6.07) is 15.2. The first-order valence-corrected chi connectivity index (χ1v) is 11.4. The quantitative estimate of drug-likeness (QED) is 0.461. The highest BCUT2D eigenvalue weighted by molar-refractivity contribution is 8.11. The van der Waals surface area contributed by atoms with Crippen molar-refractivity contribution in [1.82, 2.24) is 9.88 Å². The summed E-state index contributed by atoms with van der Waals surface area (Å²) in [6.07, 6.45) is 5.13. The van der Waals surface area contributed by atoms with Crippen LogP contribution in [-0.2, 0) is 13.0 Å². The van der Waals surface area contributed by atoms with Crippen molar-refractivity contribution < 1.29 is 0 Å². The fraction of sp³-hybridized carbons (Fsp3) is 0.222. The normalized spacial score (nSPS) is 14.4. The fourth-order valence-electron chi connectivity index (χ4n) is 3.94. The molecule has 0 bridgehead atoms. The molecule has 1 aliphatic heterocycles. The Morgan fingerprint density at radius 3 is 2.65 bits per heavy atom. The average Bonchev–Trinajstić information content (AvgIpc) is 2.76. The van der Waals surface area contributed by atoms with Crippen molar-refractivity contribution in [2.24, 2.45) is 0 Å². The third-order valence-corrected chi connectivity index (χ3v) is 6.63. The van der Waals surface area contributed by atoms with E-state index in [1.165, 1.54) is 21.6 Å². The Kier molecular flexibility index (Phi) is 6.30. The average molecular weight is 428 g/mol. The fourth-order valence-corrected chi connectivity index (χ4v) is 4.68. The lowest BCUT2D eigenvalue weighted by atomic mass is 9.97. The number of hydrogen-bond acceptors (Lipinski definition) is 4. The molecule has 0 fully saturated rings. The van der Waals surface area contributed by atoms with E-state index in [9.17, 15) is 0 Å². The molecule has 1 aromatic heterocycles. The second-order valence-electron chi connectivity index (χ2n) is 8.16. The highest BCUT2D eigenvalue weighted by Gasteiger charge is 2.14. The minimum absolute atomic E-state index is 0.807. The Hall–Kier alpha value is -2.82. The smallest absolute Gasteiger partial charge is 0.130 e. The number of pyridine rings is 1. The van der Waals surface area contributed by atoms with Crippen LogP contribution < -0.4 is 5.32 Å². The standard InChI is InChI=1S/C27H29N3S/c1-6-26(31-18(2)3)22-8-9-23-16-28-27(15-25(23)14-22)29-19(4)20-7-10-24-17-30(5)12-11-21(24)13-20/h6-10,13-16H,2,4,11-12,17H2,1,3,5H3,(H,28,29)/b26-6+. The molecule has 1 N–H and O–H groups in total. The number of hydrogen-bond donors (Lipinski definition) is 1. The van der Waals surface area contributed by atoms with Gasteiger partial charge in [-0.15, -0.1) is 0 Å². The van der Waals surface area contributed by atoms with Crippen LogP contribution in [0.25, 0.3) is 21.4 Å². The molecular weight excluding hydrogens is 398 g/mol. The van der Waals surface area contributed by atoms with Crippen LogP contribution in [0.1, 0.15) is 36.1 Å². The number of benzene rings is 2. The topological polar surface area (TPSA) is 28.2 Å². The molecule has 31 heavy (non-hydrogen) atoms. The number of thioether (sulfide) groups is 1. The van der Waals surface area contributed by atoms with Crippen LogP contribution in [0.2, 0.25) is 0 Å². The van der Waals surface area contributed by atoms with Crippen LogP contribution in [-0.4, -0.2) is 23.5 Å². The van der Waals surface area contributed by atoms with Crippen LogP contribution >= 0.6 is 11.8 Å². The number of nitrogens with one attached hydrogen (secondary N) is 1. The van der Waals surface area contributed by atoms with Gasteiger partial charge in [0.15, 0.2) is 0 Å². The molecule has 0 aliphatic carbocycles. The number of likely N-dealkylation sites (N-methyl/N-ethyl adjacent to an activating group) is 1.